The molecule has 0 bridgehead atoms. The van der Waals surface area contributed by atoms with E-state index in [0.717, 1.165) is 24.2 Å². The van der Waals surface area contributed by atoms with Gasteiger partial charge in [0.2, 0.25) is 5.91 Å². The number of hydrogen-bond donors (Lipinski definition) is 1. The summed E-state index contributed by atoms with van der Waals surface area (Å²) < 4.78 is 22.1. The number of carbonyl (C=O) groups is 2. The van der Waals surface area contributed by atoms with Crippen molar-refractivity contribution >= 4 is 23.4 Å². The molecule has 2 amide bonds. The number of benzene rings is 1. The van der Waals surface area contributed by atoms with Crippen molar-refractivity contribution < 1.29 is 18.7 Å². The Morgan fingerprint density at radius 1 is 1.37 bits per heavy atom. The minimum atomic E-state index is -0.541. The van der Waals surface area contributed by atoms with E-state index in [1.165, 1.54) is 17.9 Å². The third-order valence-electron chi connectivity index (χ3n) is 5.21. The highest BCUT2D eigenvalue weighted by Crippen LogP contribution is 2.33. The molecular formula is C21H28FN5O3. The predicted octanol–water partition coefficient (Wildman–Crippen LogP) is 3.05. The molecule has 2 aliphatic heterocycles. The fraction of sp³-hybridized carbons (Fsp3) is 0.476. The Kier molecular flexibility index (Phi) is 6.28. The lowest BCUT2D eigenvalue weighted by molar-refractivity contribution is -0.119. The maximum Gasteiger partial charge on any atom is 0.414 e. The van der Waals surface area contributed by atoms with E-state index < -0.39 is 12.2 Å². The molecule has 1 aromatic heterocycles. The number of carbonyl (C=O) groups excluding carboxylic acids is 2. The Morgan fingerprint density at radius 3 is 2.87 bits per heavy atom. The lowest BCUT2D eigenvalue weighted by Gasteiger charge is -2.21. The van der Waals surface area contributed by atoms with Crippen LogP contribution in [0.2, 0.25) is 0 Å². The molecular weight excluding hydrogens is 389 g/mol. The molecule has 0 unspecified atom stereocenters. The third-order valence-corrected chi connectivity index (χ3v) is 5.21. The third kappa shape index (κ3) is 4.10. The van der Waals surface area contributed by atoms with Gasteiger partial charge in [-0.05, 0) is 24.6 Å². The van der Waals surface area contributed by atoms with Crippen LogP contribution in [-0.4, -0.2) is 41.0 Å². The van der Waals surface area contributed by atoms with Crippen LogP contribution in [0.15, 0.2) is 24.4 Å². The van der Waals surface area contributed by atoms with Crippen LogP contribution in [-0.2, 0) is 29.2 Å². The zero-order valence-corrected chi connectivity index (χ0v) is 16.5. The van der Waals surface area contributed by atoms with Crippen LogP contribution >= 0.6 is 0 Å². The molecule has 0 aliphatic carbocycles. The first-order valence-electron chi connectivity index (χ1n) is 9.77. The normalized spacial score (nSPS) is 17.6. The standard InChI is InChI=1S/C20H24FN5O3.CH4/c1-3-6-26-19-12-24(10-14(19)8-23-26)18-5-4-15(7-17(18)21)25-11-16(29-20(25)28)9-22-13(2)27;/h4-5,7-8,16H,3,6,9-12H2,1-2H3,(H,22,27);1H4/t16-;/m0./s1. The van der Waals surface area contributed by atoms with Gasteiger partial charge in [0.05, 0.1) is 42.9 Å². The molecule has 2 aromatic rings. The first-order valence-corrected chi connectivity index (χ1v) is 9.77. The van der Waals surface area contributed by atoms with E-state index in [4.69, 9.17) is 4.74 Å². The number of aryl methyl sites for hydroxylation is 1. The highest BCUT2D eigenvalue weighted by Gasteiger charge is 2.33. The summed E-state index contributed by atoms with van der Waals surface area (Å²) in [5, 5.41) is 7.02. The largest absolute Gasteiger partial charge is 0.442 e. The Morgan fingerprint density at radius 2 is 2.17 bits per heavy atom. The van der Waals surface area contributed by atoms with Crippen molar-refractivity contribution in [1.82, 2.24) is 15.1 Å². The summed E-state index contributed by atoms with van der Waals surface area (Å²) in [4.78, 5) is 26.5. The van der Waals surface area contributed by atoms with Crippen molar-refractivity contribution in [2.45, 2.75) is 53.4 Å². The van der Waals surface area contributed by atoms with Gasteiger partial charge in [-0.2, -0.15) is 5.10 Å². The van der Waals surface area contributed by atoms with Gasteiger partial charge < -0.3 is 15.0 Å². The molecule has 4 rings (SSSR count). The Hall–Kier alpha value is -3.10. The average Bonchev–Trinajstić information content (AvgIpc) is 3.35. The van der Waals surface area contributed by atoms with Gasteiger partial charge in [0.15, 0.2) is 0 Å². The van der Waals surface area contributed by atoms with E-state index in [0.29, 0.717) is 24.5 Å². The molecule has 162 valence electrons. The second-order valence-electron chi connectivity index (χ2n) is 7.38. The molecule has 0 saturated carbocycles. The number of nitrogens with one attached hydrogen (secondary N) is 1. The molecule has 1 fully saturated rings. The molecule has 2 aliphatic rings. The topological polar surface area (TPSA) is 79.7 Å². The monoisotopic (exact) mass is 417 g/mol. The van der Waals surface area contributed by atoms with E-state index in [-0.39, 0.29) is 32.2 Å². The maximum atomic E-state index is 14.9. The van der Waals surface area contributed by atoms with Crippen LogP contribution in [0.4, 0.5) is 20.6 Å². The molecule has 1 saturated heterocycles. The number of halogens is 1. The van der Waals surface area contributed by atoms with E-state index >= 15 is 0 Å². The number of nitrogens with zero attached hydrogens (tertiary/aromatic N) is 4. The zero-order valence-electron chi connectivity index (χ0n) is 16.5. The molecule has 0 spiro atoms. The van der Waals surface area contributed by atoms with Crippen molar-refractivity contribution in [3.05, 3.63) is 41.5 Å². The summed E-state index contributed by atoms with van der Waals surface area (Å²) in [6.45, 7) is 6.07. The first-order chi connectivity index (χ1) is 14.0. The number of ether oxygens (including phenoxy) is 1. The van der Waals surface area contributed by atoms with E-state index in [1.807, 2.05) is 15.8 Å². The fourth-order valence-corrected chi connectivity index (χ4v) is 3.80. The quantitative estimate of drug-likeness (QED) is 0.782. The van der Waals surface area contributed by atoms with Crippen molar-refractivity contribution in [1.29, 1.82) is 0 Å². The molecule has 3 heterocycles. The van der Waals surface area contributed by atoms with E-state index in [2.05, 4.69) is 17.3 Å². The molecule has 1 atom stereocenters. The summed E-state index contributed by atoms with van der Waals surface area (Å²) in [5.74, 6) is -0.579. The second-order valence-corrected chi connectivity index (χ2v) is 7.38. The predicted molar refractivity (Wildman–Crippen MR) is 112 cm³/mol. The van der Waals surface area contributed by atoms with Gasteiger partial charge in [0.1, 0.15) is 11.9 Å². The van der Waals surface area contributed by atoms with Crippen LogP contribution in [0.25, 0.3) is 0 Å². The molecule has 1 aromatic carbocycles. The SMILES string of the molecule is C.CCCn1ncc2c1CN(c1ccc(N3C[C@H](CNC(C)=O)OC3=O)cc1F)C2. The molecule has 1 N–H and O–H groups in total. The number of anilines is 2. The lowest BCUT2D eigenvalue weighted by atomic mass is 10.2. The summed E-state index contributed by atoms with van der Waals surface area (Å²) in [6.07, 6.45) is 1.85. The van der Waals surface area contributed by atoms with Gasteiger partial charge in [0.25, 0.3) is 0 Å². The van der Waals surface area contributed by atoms with Gasteiger partial charge >= 0.3 is 6.09 Å². The summed E-state index contributed by atoms with van der Waals surface area (Å²) in [6, 6.07) is 4.78. The Bertz CT molecular complexity index is 945. The smallest absolute Gasteiger partial charge is 0.414 e. The minimum absolute atomic E-state index is 0. The van der Waals surface area contributed by atoms with Gasteiger partial charge in [0, 0.05) is 25.6 Å². The first kappa shape index (κ1) is 21.6. The van der Waals surface area contributed by atoms with Crippen molar-refractivity contribution in [3.8, 4) is 0 Å². The van der Waals surface area contributed by atoms with Gasteiger partial charge in [-0.25, -0.2) is 9.18 Å². The number of hydrogen-bond acceptors (Lipinski definition) is 5. The highest BCUT2D eigenvalue weighted by atomic mass is 19.1. The molecule has 30 heavy (non-hydrogen) atoms. The van der Waals surface area contributed by atoms with Gasteiger partial charge in [-0.1, -0.05) is 14.4 Å². The maximum absolute atomic E-state index is 14.9. The highest BCUT2D eigenvalue weighted by molar-refractivity contribution is 5.90. The van der Waals surface area contributed by atoms with Crippen molar-refractivity contribution in [2.24, 2.45) is 0 Å². The molecule has 9 heteroatoms. The Labute approximate surface area is 175 Å². The molecule has 0 radical (unpaired) electrons. The van der Waals surface area contributed by atoms with E-state index in [1.54, 1.807) is 12.1 Å². The van der Waals surface area contributed by atoms with Gasteiger partial charge in [-0.3, -0.25) is 14.4 Å². The Balaban J connectivity index is 0.00000256. The van der Waals surface area contributed by atoms with E-state index in [9.17, 15) is 14.0 Å². The van der Waals surface area contributed by atoms with Crippen LogP contribution in [0.5, 0.6) is 0 Å². The van der Waals surface area contributed by atoms with Crippen molar-refractivity contribution in [3.63, 3.8) is 0 Å². The number of fused-ring (bicyclic) bond motifs is 1. The summed E-state index contributed by atoms with van der Waals surface area (Å²) in [5.41, 5.74) is 3.18. The number of rotatable bonds is 6. The summed E-state index contributed by atoms with van der Waals surface area (Å²) >= 11 is 0. The lowest BCUT2D eigenvalue weighted by Crippen LogP contribution is -2.33. The second kappa shape index (κ2) is 8.73. The number of amides is 2. The van der Waals surface area contributed by atoms with Crippen molar-refractivity contribution in [2.75, 3.05) is 22.9 Å². The van der Waals surface area contributed by atoms with Crippen LogP contribution in [0.3, 0.4) is 0 Å². The number of cyclic esters (lactones) is 1. The van der Waals surface area contributed by atoms with Crippen LogP contribution < -0.4 is 15.1 Å². The number of aromatic nitrogens is 2. The minimum Gasteiger partial charge on any atom is -0.442 e. The summed E-state index contributed by atoms with van der Waals surface area (Å²) in [7, 11) is 0. The average molecular weight is 417 g/mol. The zero-order chi connectivity index (χ0) is 20.5. The fourth-order valence-electron chi connectivity index (χ4n) is 3.80. The molecule has 8 nitrogen and oxygen atoms in total. The van der Waals surface area contributed by atoms with Gasteiger partial charge in [-0.15, -0.1) is 0 Å². The van der Waals surface area contributed by atoms with Crippen LogP contribution in [0, 0.1) is 5.82 Å². The van der Waals surface area contributed by atoms with Crippen LogP contribution in [0.1, 0.15) is 39.0 Å².